The Morgan fingerprint density at radius 1 is 0.438 bits per heavy atom. The second-order valence-corrected chi connectivity index (χ2v) is 29.8. The van der Waals surface area contributed by atoms with Crippen LogP contribution in [0.3, 0.4) is 0 Å². The molecule has 8 aliphatic heterocycles. The highest BCUT2D eigenvalue weighted by atomic mass is 16.8. The van der Waals surface area contributed by atoms with Gasteiger partial charge in [0.2, 0.25) is 0 Å². The maximum absolute atomic E-state index is 15.0. The third-order valence-electron chi connectivity index (χ3n) is 24.5. The summed E-state index contributed by atoms with van der Waals surface area (Å²) in [5.74, 6) is 0.473. The van der Waals surface area contributed by atoms with E-state index in [1.165, 1.54) is 6.92 Å². The molecule has 0 radical (unpaired) electrons. The van der Waals surface area contributed by atoms with Crippen molar-refractivity contribution in [2.45, 2.75) is 295 Å². The van der Waals surface area contributed by atoms with Crippen molar-refractivity contribution in [3.8, 4) is 0 Å². The molecule has 0 amide bonds. The van der Waals surface area contributed by atoms with Crippen LogP contribution < -0.4 is 0 Å². The van der Waals surface area contributed by atoms with Crippen LogP contribution in [0.25, 0.3) is 0 Å². The molecular formula is C63H102O33. The van der Waals surface area contributed by atoms with E-state index in [4.69, 9.17) is 66.3 Å². The number of carbonyl (C=O) groups excluding carboxylic acids is 1. The van der Waals surface area contributed by atoms with Gasteiger partial charge in [0, 0.05) is 30.1 Å². The topological polar surface area (TPSA) is 510 Å². The van der Waals surface area contributed by atoms with Gasteiger partial charge in [0.1, 0.15) is 146 Å². The van der Waals surface area contributed by atoms with Gasteiger partial charge in [-0.3, -0.25) is 4.79 Å². The van der Waals surface area contributed by atoms with Gasteiger partial charge in [-0.1, -0.05) is 27.7 Å². The van der Waals surface area contributed by atoms with Gasteiger partial charge in [0.15, 0.2) is 43.5 Å². The second-order valence-electron chi connectivity index (χ2n) is 29.8. The lowest BCUT2D eigenvalue weighted by atomic mass is 9.44. The lowest BCUT2D eigenvalue weighted by Crippen LogP contribution is -2.68. The van der Waals surface area contributed by atoms with Crippen molar-refractivity contribution in [3.05, 3.63) is 0 Å². The van der Waals surface area contributed by atoms with Crippen LogP contribution in [0.1, 0.15) is 92.4 Å². The lowest BCUT2D eigenvalue weighted by Gasteiger charge is -2.61. The molecule has 12 aliphatic rings. The van der Waals surface area contributed by atoms with Crippen molar-refractivity contribution in [1.82, 2.24) is 0 Å². The fraction of sp³-hybridized carbons (Fsp3) is 0.984. The summed E-state index contributed by atoms with van der Waals surface area (Å²) >= 11 is 0. The molecule has 42 atom stereocenters. The predicted molar refractivity (Wildman–Crippen MR) is 313 cm³/mol. The van der Waals surface area contributed by atoms with Gasteiger partial charge in [0.05, 0.1) is 58.0 Å². The molecule has 33 heteroatoms. The summed E-state index contributed by atoms with van der Waals surface area (Å²) in [5.41, 5.74) is -0.897. The van der Waals surface area contributed by atoms with E-state index >= 15 is 0 Å². The van der Waals surface area contributed by atoms with Crippen LogP contribution in [0.2, 0.25) is 0 Å². The van der Waals surface area contributed by atoms with Crippen LogP contribution in [0.4, 0.5) is 0 Å². The average molecular weight is 1390 g/mol. The Balaban J connectivity index is 0.778. The number of ether oxygens (including phenoxy) is 14. The zero-order valence-corrected chi connectivity index (χ0v) is 54.3. The predicted octanol–water partition coefficient (Wildman–Crippen LogP) is -7.05. The average Bonchev–Trinajstić information content (AvgIpc) is 1.50. The number of ketones is 1. The van der Waals surface area contributed by atoms with Crippen molar-refractivity contribution < 1.29 is 163 Å². The maximum atomic E-state index is 15.0. The van der Waals surface area contributed by atoms with Gasteiger partial charge in [0.25, 0.3) is 0 Å². The summed E-state index contributed by atoms with van der Waals surface area (Å²) in [4.78, 5) is 15.0. The minimum absolute atomic E-state index is 0.0161. The molecule has 552 valence electrons. The molecule has 8 heterocycles. The number of hydrogen-bond acceptors (Lipinski definition) is 33. The van der Waals surface area contributed by atoms with Crippen LogP contribution in [0, 0.1) is 52.3 Å². The Morgan fingerprint density at radius 3 is 1.47 bits per heavy atom. The smallest absolute Gasteiger partial charge is 0.187 e. The van der Waals surface area contributed by atoms with Crippen molar-refractivity contribution in [3.63, 3.8) is 0 Å². The number of carbonyl (C=O) groups is 1. The zero-order chi connectivity index (χ0) is 69.1. The van der Waals surface area contributed by atoms with Gasteiger partial charge < -0.3 is 158 Å². The lowest BCUT2D eigenvalue weighted by molar-refractivity contribution is -0.405. The summed E-state index contributed by atoms with van der Waals surface area (Å²) in [6.45, 7) is 6.03. The quantitative estimate of drug-likeness (QED) is 0.0602. The third-order valence-corrected chi connectivity index (χ3v) is 24.5. The van der Waals surface area contributed by atoms with Crippen molar-refractivity contribution in [1.29, 1.82) is 0 Å². The monoisotopic (exact) mass is 1390 g/mol. The molecule has 12 fully saturated rings. The Kier molecular flexibility index (Phi) is 22.5. The van der Waals surface area contributed by atoms with Gasteiger partial charge in [-0.2, -0.15) is 0 Å². The molecule has 96 heavy (non-hydrogen) atoms. The summed E-state index contributed by atoms with van der Waals surface area (Å²) in [6, 6.07) is 0. The first-order valence-electron chi connectivity index (χ1n) is 34.2. The first kappa shape index (κ1) is 74.1. The molecule has 8 saturated heterocycles. The minimum atomic E-state index is -2.20. The molecule has 0 aromatic heterocycles. The van der Waals surface area contributed by atoms with E-state index in [9.17, 15) is 96.7 Å². The Bertz CT molecular complexity index is 2590. The maximum Gasteiger partial charge on any atom is 0.187 e. The molecule has 0 bridgehead atoms. The summed E-state index contributed by atoms with van der Waals surface area (Å²) < 4.78 is 85.4. The van der Waals surface area contributed by atoms with E-state index < -0.39 is 235 Å². The van der Waals surface area contributed by atoms with Crippen LogP contribution in [0.5, 0.6) is 0 Å². The highest BCUT2D eigenvalue weighted by Gasteiger charge is 2.72. The third kappa shape index (κ3) is 12.9. The van der Waals surface area contributed by atoms with Crippen molar-refractivity contribution in [2.24, 2.45) is 52.3 Å². The number of fused-ring (bicyclic) bond motifs is 7. The molecule has 4 saturated carbocycles. The van der Waals surface area contributed by atoms with E-state index in [2.05, 4.69) is 27.7 Å². The van der Waals surface area contributed by atoms with E-state index in [0.717, 1.165) is 32.1 Å². The molecule has 0 aromatic carbocycles. The number of hydrogen-bond donors (Lipinski definition) is 18. The first-order chi connectivity index (χ1) is 45.6. The van der Waals surface area contributed by atoms with Crippen LogP contribution >= 0.6 is 0 Å². The summed E-state index contributed by atoms with van der Waals surface area (Å²) in [6.07, 6.45) is -50.4. The fourth-order valence-corrected chi connectivity index (χ4v) is 18.8. The molecular weight excluding hydrogens is 1280 g/mol. The molecule has 33 nitrogen and oxygen atoms in total. The number of rotatable bonds is 17. The number of aliphatic hydroxyl groups excluding tert-OH is 18. The zero-order valence-electron chi connectivity index (χ0n) is 54.3. The van der Waals surface area contributed by atoms with Crippen LogP contribution in [-0.4, -0.2) is 340 Å². The number of aliphatic hydroxyl groups is 18. The summed E-state index contributed by atoms with van der Waals surface area (Å²) in [5, 5.41) is 198. The van der Waals surface area contributed by atoms with E-state index in [0.29, 0.717) is 38.2 Å². The SMILES string of the molecule is C[C@@H]1CC[C@@]2(OC1)O[C@H]1C[C@H]3[C@@H]4CC[C@H]5C[C@@H](O[C@@H]6O[C@H](CO)[C@H](O[C@@H]7O[C@H](CO)[C@@H](O)[C@H](O[C@@H]8O[C@H](CO)[C@@H](O[C@@H]9O[C@@H](C)[C@H](O)[C@@H](O)[C@H]9O)[C@H](O)[C@H]8O)[C@H]7O)[C@H](O)[C@H]6O[C@@H]6O[C@H](CO)[C@@H](O)[C@H](O[C@@H]7O[C@H](CO)[C@@H](O)[C@H](O)[C@H]7O)[C@H]6O)CC[C@]5(C)[C@H]4CC(=O)[C@]3(C)[C@H]1[C@@H]2C. The van der Waals surface area contributed by atoms with E-state index in [-0.39, 0.29) is 52.8 Å². The molecule has 4 aliphatic carbocycles. The molecule has 1 spiro atoms. The van der Waals surface area contributed by atoms with Gasteiger partial charge >= 0.3 is 0 Å². The van der Waals surface area contributed by atoms with Crippen LogP contribution in [-0.2, 0) is 71.1 Å². The Labute approximate surface area is 553 Å². The van der Waals surface area contributed by atoms with Crippen LogP contribution in [0.15, 0.2) is 0 Å². The highest BCUT2D eigenvalue weighted by Crippen LogP contribution is 2.70. The molecule has 0 unspecified atom stereocenters. The highest BCUT2D eigenvalue weighted by molar-refractivity contribution is 5.87. The van der Waals surface area contributed by atoms with Gasteiger partial charge in [-0.05, 0) is 86.9 Å². The normalized spacial score (nSPS) is 56.9. The number of Topliss-reactive ketones (excluding diaryl/α,β-unsaturated/α-hetero) is 1. The standard InChI is InChI=1S/C63H102O33/c1-21-8-11-63(83-20-21)22(2)36-29(96-63)13-28-26-7-6-24-12-25(9-10-61(24,4)27(26)14-35(69)62(28,36)5)85-60-54(95-59-49(82)53(40(73)32(17-66)88-59)93-56-45(78)42(75)38(71)30(15-64)86-56)47(80)51(34(19-68)90-60)92-58-48(81)52(39(72)31(16-65)87-58)94-57-46(79)43(76)50(33(18-67)89-57)91-55-44(77)41(74)37(70)23(3)84-55/h21-34,36-60,64-68,70-82H,6-20H2,1-5H3/t21-,22+,23+,24+,25+,26-,27+,28+,29+,30-,31-,32-,33-,34-,36+,37+,38-,39-,40-,41-,42+,43-,44-,45-,46-,47+,48-,49-,50-,51+,52+,53+,54-,55+,56+,57+,58+,59+,60-,61+,62-,63-/m1/s1. The van der Waals surface area contributed by atoms with E-state index in [1.807, 2.05) is 0 Å². The second kappa shape index (κ2) is 29.1. The van der Waals surface area contributed by atoms with Gasteiger partial charge in [-0.25, -0.2) is 0 Å². The largest absolute Gasteiger partial charge is 0.394 e. The first-order valence-corrected chi connectivity index (χ1v) is 34.2. The van der Waals surface area contributed by atoms with Crippen molar-refractivity contribution >= 4 is 5.78 Å². The Morgan fingerprint density at radius 2 is 0.917 bits per heavy atom. The fourth-order valence-electron chi connectivity index (χ4n) is 18.8. The Hall–Kier alpha value is -1.61. The molecule has 12 rings (SSSR count). The summed E-state index contributed by atoms with van der Waals surface area (Å²) in [7, 11) is 0. The molecule has 0 aromatic rings. The van der Waals surface area contributed by atoms with Gasteiger partial charge in [-0.15, -0.1) is 0 Å². The van der Waals surface area contributed by atoms with Crippen molar-refractivity contribution in [2.75, 3.05) is 39.6 Å². The minimum Gasteiger partial charge on any atom is -0.394 e. The molecule has 18 N–H and O–H groups in total. The van der Waals surface area contributed by atoms with E-state index in [1.54, 1.807) is 0 Å².